The van der Waals surface area contributed by atoms with E-state index in [1.54, 1.807) is 35.1 Å². The number of thiophene rings is 1. The van der Waals surface area contributed by atoms with Crippen molar-refractivity contribution >= 4 is 27.4 Å². The van der Waals surface area contributed by atoms with E-state index in [0.29, 0.717) is 19.0 Å². The van der Waals surface area contributed by atoms with Crippen LogP contribution in [0, 0.1) is 0 Å². The Balaban J connectivity index is 1.39. The van der Waals surface area contributed by atoms with Crippen molar-refractivity contribution in [2.45, 2.75) is 25.5 Å². The van der Waals surface area contributed by atoms with Gasteiger partial charge < -0.3 is 20.3 Å². The molecule has 3 N–H and O–H groups in total. The van der Waals surface area contributed by atoms with Crippen LogP contribution in [0.3, 0.4) is 0 Å². The molecule has 6 nitrogen and oxygen atoms in total. The number of aliphatic hydroxyl groups is 1. The number of aryl methyl sites for hydroxylation is 1. The second kappa shape index (κ2) is 10.1. The maximum atomic E-state index is 11.7. The van der Waals surface area contributed by atoms with E-state index in [4.69, 9.17) is 0 Å². The molecule has 2 aromatic heterocycles. The lowest BCUT2D eigenvalue weighted by molar-refractivity contribution is 0.184. The summed E-state index contributed by atoms with van der Waals surface area (Å²) in [5.74, 6) is 0.664. The van der Waals surface area contributed by atoms with Gasteiger partial charge in [0, 0.05) is 48.5 Å². The Labute approximate surface area is 168 Å². The topological polar surface area (TPSA) is 78.7 Å². The van der Waals surface area contributed by atoms with Gasteiger partial charge in [-0.25, -0.2) is 0 Å². The number of nitrogens with one attached hydrogen (secondary N) is 2. The zero-order valence-electron chi connectivity index (χ0n) is 16.0. The van der Waals surface area contributed by atoms with Crippen molar-refractivity contribution < 1.29 is 5.11 Å². The summed E-state index contributed by atoms with van der Waals surface area (Å²) in [4.78, 5) is 16.8. The summed E-state index contributed by atoms with van der Waals surface area (Å²) in [7, 11) is 1.71. The number of hydrogen-bond donors (Lipinski definition) is 3. The van der Waals surface area contributed by atoms with Gasteiger partial charge in [0.2, 0.25) is 5.56 Å². The first-order valence-electron chi connectivity index (χ1n) is 9.44. The molecule has 7 heteroatoms. The Morgan fingerprint density at radius 2 is 2.00 bits per heavy atom. The van der Waals surface area contributed by atoms with Crippen molar-refractivity contribution in [1.82, 2.24) is 15.2 Å². The molecule has 0 bridgehead atoms. The molecule has 0 fully saturated rings. The molecule has 2 heterocycles. The summed E-state index contributed by atoms with van der Waals surface area (Å²) in [5, 5.41) is 18.0. The van der Waals surface area contributed by atoms with Gasteiger partial charge in [0.05, 0.1) is 0 Å². The van der Waals surface area contributed by atoms with E-state index < -0.39 is 6.10 Å². The fourth-order valence-electron chi connectivity index (χ4n) is 2.94. The van der Waals surface area contributed by atoms with Crippen LogP contribution in [0.5, 0.6) is 0 Å². The van der Waals surface area contributed by atoms with Crippen LogP contribution in [0.15, 0.2) is 64.5 Å². The minimum atomic E-state index is -0.582. The highest BCUT2D eigenvalue weighted by Crippen LogP contribution is 2.29. The summed E-state index contributed by atoms with van der Waals surface area (Å²) in [6.45, 7) is 1.85. The molecular weight excluding hydrogens is 372 g/mol. The number of aromatic nitrogens is 1. The van der Waals surface area contributed by atoms with Crippen molar-refractivity contribution in [2.24, 2.45) is 4.99 Å². The standard InChI is InChI=1S/C21H26N4O2S/c1-22-21(23-11-5-7-13-25-12-6-4-10-20(25)27)24-15-17(26)19-14-16-8-2-3-9-18(16)28-19/h2-4,6,8-10,12,14,17,26H,5,7,11,13,15H2,1H3,(H2,22,23,24). The molecule has 0 aliphatic carbocycles. The normalized spacial score (nSPS) is 12.9. The molecule has 0 aliphatic rings. The summed E-state index contributed by atoms with van der Waals surface area (Å²) in [5.41, 5.74) is 0.0307. The molecule has 1 aromatic carbocycles. The molecule has 0 spiro atoms. The number of aliphatic hydroxyl groups excluding tert-OH is 1. The van der Waals surface area contributed by atoms with Gasteiger partial charge in [0.25, 0.3) is 0 Å². The number of nitrogens with zero attached hydrogens (tertiary/aromatic N) is 2. The van der Waals surface area contributed by atoms with Crippen molar-refractivity contribution in [3.63, 3.8) is 0 Å². The van der Waals surface area contributed by atoms with Crippen LogP contribution in [-0.2, 0) is 6.54 Å². The van der Waals surface area contributed by atoms with E-state index in [2.05, 4.69) is 27.8 Å². The minimum Gasteiger partial charge on any atom is -0.386 e. The molecule has 0 aliphatic heterocycles. The number of hydrogen-bond acceptors (Lipinski definition) is 4. The largest absolute Gasteiger partial charge is 0.386 e. The van der Waals surface area contributed by atoms with E-state index in [0.717, 1.165) is 29.6 Å². The van der Waals surface area contributed by atoms with Gasteiger partial charge in [-0.05, 0) is 36.4 Å². The Hall–Kier alpha value is -2.64. The van der Waals surface area contributed by atoms with E-state index in [1.165, 1.54) is 4.70 Å². The zero-order chi connectivity index (χ0) is 19.8. The molecule has 1 unspecified atom stereocenters. The quantitative estimate of drug-likeness (QED) is 0.310. The second-order valence-electron chi connectivity index (χ2n) is 6.52. The fraction of sp³-hybridized carbons (Fsp3) is 0.333. The monoisotopic (exact) mass is 398 g/mol. The average molecular weight is 399 g/mol. The lowest BCUT2D eigenvalue weighted by Gasteiger charge is -2.14. The van der Waals surface area contributed by atoms with Crippen molar-refractivity contribution in [2.75, 3.05) is 20.1 Å². The van der Waals surface area contributed by atoms with Crippen LogP contribution in [0.4, 0.5) is 0 Å². The van der Waals surface area contributed by atoms with Gasteiger partial charge in [-0.1, -0.05) is 24.3 Å². The first-order chi connectivity index (χ1) is 13.7. The highest BCUT2D eigenvalue weighted by atomic mass is 32.1. The molecule has 3 rings (SSSR count). The Bertz CT molecular complexity index is 946. The molecular formula is C21H26N4O2S. The van der Waals surface area contributed by atoms with Crippen molar-refractivity contribution in [3.05, 3.63) is 70.0 Å². The van der Waals surface area contributed by atoms with Gasteiger partial charge in [0.1, 0.15) is 6.10 Å². The molecule has 0 saturated carbocycles. The summed E-state index contributed by atoms with van der Waals surface area (Å²) in [6.07, 6.45) is 3.05. The lowest BCUT2D eigenvalue weighted by atomic mass is 10.2. The summed E-state index contributed by atoms with van der Waals surface area (Å²) in [6, 6.07) is 15.4. The van der Waals surface area contributed by atoms with Gasteiger partial charge in [0.15, 0.2) is 5.96 Å². The molecule has 28 heavy (non-hydrogen) atoms. The van der Waals surface area contributed by atoms with E-state index in [9.17, 15) is 9.90 Å². The Morgan fingerprint density at radius 1 is 1.18 bits per heavy atom. The smallest absolute Gasteiger partial charge is 0.250 e. The molecule has 0 amide bonds. The summed E-state index contributed by atoms with van der Waals surface area (Å²) < 4.78 is 2.89. The maximum Gasteiger partial charge on any atom is 0.250 e. The van der Waals surface area contributed by atoms with Gasteiger partial charge in [-0.2, -0.15) is 0 Å². The fourth-order valence-corrected chi connectivity index (χ4v) is 3.99. The second-order valence-corrected chi connectivity index (χ2v) is 7.64. The third-order valence-electron chi connectivity index (χ3n) is 4.48. The first kappa shape index (κ1) is 20.1. The molecule has 1 atom stereocenters. The van der Waals surface area contributed by atoms with Crippen molar-refractivity contribution in [3.8, 4) is 0 Å². The Morgan fingerprint density at radius 3 is 2.79 bits per heavy atom. The van der Waals surface area contributed by atoms with Gasteiger partial charge in [-0.3, -0.25) is 9.79 Å². The Kier molecular flexibility index (Phi) is 7.22. The van der Waals surface area contributed by atoms with Crippen LogP contribution in [0.1, 0.15) is 23.8 Å². The van der Waals surface area contributed by atoms with Crippen LogP contribution in [-0.4, -0.2) is 35.8 Å². The third kappa shape index (κ3) is 5.43. The van der Waals surface area contributed by atoms with Crippen LogP contribution in [0.2, 0.25) is 0 Å². The number of aliphatic imine (C=N–C) groups is 1. The predicted molar refractivity (Wildman–Crippen MR) is 116 cm³/mol. The number of fused-ring (bicyclic) bond motifs is 1. The highest BCUT2D eigenvalue weighted by Gasteiger charge is 2.12. The molecule has 148 valence electrons. The van der Waals surface area contributed by atoms with Gasteiger partial charge in [-0.15, -0.1) is 11.3 Å². The predicted octanol–water partition coefficient (Wildman–Crippen LogP) is 2.74. The maximum absolute atomic E-state index is 11.7. The molecule has 0 saturated heterocycles. The van der Waals surface area contributed by atoms with Crippen LogP contribution >= 0.6 is 11.3 Å². The van der Waals surface area contributed by atoms with Crippen molar-refractivity contribution in [1.29, 1.82) is 0 Å². The number of pyridine rings is 1. The number of unbranched alkanes of at least 4 members (excludes halogenated alkanes) is 1. The minimum absolute atomic E-state index is 0.0307. The summed E-state index contributed by atoms with van der Waals surface area (Å²) >= 11 is 1.61. The van der Waals surface area contributed by atoms with Gasteiger partial charge >= 0.3 is 0 Å². The third-order valence-corrected chi connectivity index (χ3v) is 5.69. The number of rotatable bonds is 8. The average Bonchev–Trinajstić information content (AvgIpc) is 3.15. The van der Waals surface area contributed by atoms with E-state index >= 15 is 0 Å². The highest BCUT2D eigenvalue weighted by molar-refractivity contribution is 7.19. The van der Waals surface area contributed by atoms with Crippen LogP contribution in [0.25, 0.3) is 10.1 Å². The van der Waals surface area contributed by atoms with Crippen LogP contribution < -0.4 is 16.2 Å². The molecule has 3 aromatic rings. The lowest BCUT2D eigenvalue weighted by Crippen LogP contribution is -2.39. The molecule has 0 radical (unpaired) electrons. The SMILES string of the molecule is CN=C(NCCCCn1ccccc1=O)NCC(O)c1cc2ccccc2s1. The first-order valence-corrected chi connectivity index (χ1v) is 10.3. The zero-order valence-corrected chi connectivity index (χ0v) is 16.8. The number of guanidine groups is 1. The van der Waals surface area contributed by atoms with E-state index in [-0.39, 0.29) is 5.56 Å². The number of benzene rings is 1. The van der Waals surface area contributed by atoms with E-state index in [1.807, 2.05) is 30.5 Å².